The molecule has 5 N–H and O–H groups in total. The number of hydrogen-bond donors (Lipinski definition) is 4. The maximum Gasteiger partial charge on any atom is 0.201 e. The Bertz CT molecular complexity index is 1190. The van der Waals surface area contributed by atoms with Crippen LogP contribution in [0, 0.1) is 19.8 Å². The number of nitrogens with one attached hydrogen (secondary N) is 3. The molecule has 3 aromatic rings. The van der Waals surface area contributed by atoms with Crippen molar-refractivity contribution in [3.05, 3.63) is 47.8 Å². The van der Waals surface area contributed by atoms with Crippen molar-refractivity contribution in [1.82, 2.24) is 15.3 Å². The Labute approximate surface area is 212 Å². The normalized spacial score (nSPS) is 15.5. The molecule has 0 aliphatic carbocycles. The van der Waals surface area contributed by atoms with E-state index in [4.69, 9.17) is 15.2 Å². The lowest BCUT2D eigenvalue weighted by Crippen LogP contribution is -2.35. The van der Waals surface area contributed by atoms with Gasteiger partial charge in [-0.2, -0.15) is 0 Å². The molecule has 192 valence electrons. The molecule has 2 heterocycles. The van der Waals surface area contributed by atoms with Crippen LogP contribution in [-0.4, -0.2) is 55.3 Å². The van der Waals surface area contributed by atoms with Crippen molar-refractivity contribution in [2.75, 3.05) is 43.9 Å². The van der Waals surface area contributed by atoms with Crippen LogP contribution in [0.4, 0.5) is 11.5 Å². The maximum absolute atomic E-state index is 6.38. The summed E-state index contributed by atoms with van der Waals surface area (Å²) < 4.78 is 12.1. The van der Waals surface area contributed by atoms with Gasteiger partial charge < -0.3 is 31.2 Å². The molecule has 36 heavy (non-hydrogen) atoms. The molecule has 9 heteroatoms. The van der Waals surface area contributed by atoms with Gasteiger partial charge >= 0.3 is 0 Å². The summed E-state index contributed by atoms with van der Waals surface area (Å²) in [6.07, 6.45) is 3.82. The molecule has 0 amide bonds. The molecule has 0 radical (unpaired) electrons. The average Bonchev–Trinajstić information content (AvgIpc) is 2.89. The number of aliphatic imine (C=N–C) groups is 1. The second-order valence-corrected chi connectivity index (χ2v) is 9.19. The number of anilines is 2. The van der Waals surface area contributed by atoms with E-state index in [2.05, 4.69) is 63.8 Å². The summed E-state index contributed by atoms with van der Waals surface area (Å²) in [4.78, 5) is 13.6. The van der Waals surface area contributed by atoms with Crippen molar-refractivity contribution in [3.8, 4) is 11.5 Å². The Balaban J connectivity index is 1.63. The third kappa shape index (κ3) is 6.03. The number of nitrogens with two attached hydrogens (primary N) is 1. The molecule has 1 unspecified atom stereocenters. The van der Waals surface area contributed by atoms with Gasteiger partial charge in [0, 0.05) is 23.7 Å². The first-order valence-electron chi connectivity index (χ1n) is 12.5. The SMILES string of the molecule is COc1cc2c(NC(=NCCN)Nc3c(C)cccc3C)ncnc2cc1OC(C)C1CCNCC1. The molecule has 9 nitrogen and oxygen atoms in total. The quantitative estimate of drug-likeness (QED) is 0.277. The van der Waals surface area contributed by atoms with Crippen LogP contribution in [0.2, 0.25) is 0 Å². The largest absolute Gasteiger partial charge is 0.493 e. The van der Waals surface area contributed by atoms with Crippen molar-refractivity contribution in [2.24, 2.45) is 16.6 Å². The van der Waals surface area contributed by atoms with Crippen molar-refractivity contribution in [1.29, 1.82) is 0 Å². The van der Waals surface area contributed by atoms with Crippen LogP contribution >= 0.6 is 0 Å². The van der Waals surface area contributed by atoms with E-state index in [0.29, 0.717) is 42.3 Å². The smallest absolute Gasteiger partial charge is 0.201 e. The third-order valence-corrected chi connectivity index (χ3v) is 6.64. The lowest BCUT2D eigenvalue weighted by molar-refractivity contribution is 0.124. The van der Waals surface area contributed by atoms with Gasteiger partial charge in [0.15, 0.2) is 11.5 Å². The van der Waals surface area contributed by atoms with Crippen LogP contribution in [0.1, 0.15) is 30.9 Å². The third-order valence-electron chi connectivity index (χ3n) is 6.64. The summed E-state index contributed by atoms with van der Waals surface area (Å²) in [6, 6.07) is 10.0. The van der Waals surface area contributed by atoms with Gasteiger partial charge in [-0.05, 0) is 69.8 Å². The fourth-order valence-electron chi connectivity index (χ4n) is 4.55. The molecule has 1 aliphatic rings. The summed E-state index contributed by atoms with van der Waals surface area (Å²) in [7, 11) is 1.65. The highest BCUT2D eigenvalue weighted by Crippen LogP contribution is 2.36. The van der Waals surface area contributed by atoms with Crippen LogP contribution < -0.4 is 31.2 Å². The topological polar surface area (TPSA) is 119 Å². The van der Waals surface area contributed by atoms with Gasteiger partial charge in [0.2, 0.25) is 5.96 Å². The van der Waals surface area contributed by atoms with Crippen LogP contribution in [0.5, 0.6) is 11.5 Å². The zero-order valence-corrected chi connectivity index (χ0v) is 21.6. The van der Waals surface area contributed by atoms with Crippen LogP contribution in [-0.2, 0) is 0 Å². The molecule has 1 saturated heterocycles. The second kappa shape index (κ2) is 12.0. The van der Waals surface area contributed by atoms with Gasteiger partial charge in [-0.3, -0.25) is 4.99 Å². The van der Waals surface area contributed by atoms with Gasteiger partial charge in [-0.1, -0.05) is 18.2 Å². The molecule has 0 spiro atoms. The molecule has 1 aromatic heterocycles. The Morgan fingerprint density at radius 1 is 1.14 bits per heavy atom. The highest BCUT2D eigenvalue weighted by atomic mass is 16.5. The van der Waals surface area contributed by atoms with Gasteiger partial charge in [0.05, 0.1) is 25.3 Å². The van der Waals surface area contributed by atoms with E-state index in [1.807, 2.05) is 18.2 Å². The Kier molecular flexibility index (Phi) is 8.56. The number of aryl methyl sites for hydroxylation is 2. The van der Waals surface area contributed by atoms with Gasteiger partial charge in [-0.25, -0.2) is 9.97 Å². The Morgan fingerprint density at radius 2 is 1.89 bits per heavy atom. The van der Waals surface area contributed by atoms with E-state index in [1.165, 1.54) is 6.33 Å². The van der Waals surface area contributed by atoms with Crippen LogP contribution in [0.15, 0.2) is 41.7 Å². The van der Waals surface area contributed by atoms with Crippen molar-refractivity contribution in [2.45, 2.75) is 39.7 Å². The fourth-order valence-corrected chi connectivity index (χ4v) is 4.55. The molecule has 1 aliphatic heterocycles. The summed E-state index contributed by atoms with van der Waals surface area (Å²) in [5, 5.41) is 11.0. The predicted octanol–water partition coefficient (Wildman–Crippen LogP) is 3.86. The monoisotopic (exact) mass is 491 g/mol. The number of fused-ring (bicyclic) bond motifs is 1. The minimum Gasteiger partial charge on any atom is -0.493 e. The number of aromatic nitrogens is 2. The zero-order valence-electron chi connectivity index (χ0n) is 21.6. The first kappa shape index (κ1) is 25.7. The van der Waals surface area contributed by atoms with Gasteiger partial charge in [0.25, 0.3) is 0 Å². The molecule has 2 aromatic carbocycles. The van der Waals surface area contributed by atoms with Crippen LogP contribution in [0.25, 0.3) is 10.9 Å². The van der Waals surface area contributed by atoms with Gasteiger partial charge in [-0.15, -0.1) is 0 Å². The molecule has 0 bridgehead atoms. The van der Waals surface area contributed by atoms with E-state index >= 15 is 0 Å². The maximum atomic E-state index is 6.38. The first-order valence-corrected chi connectivity index (χ1v) is 12.5. The zero-order chi connectivity index (χ0) is 25.5. The minimum absolute atomic E-state index is 0.0782. The number of ether oxygens (including phenoxy) is 2. The van der Waals surface area contributed by atoms with Crippen LogP contribution in [0.3, 0.4) is 0 Å². The van der Waals surface area contributed by atoms with E-state index in [9.17, 15) is 0 Å². The number of para-hydroxylation sites is 1. The standard InChI is InChI=1S/C27H37N7O2/c1-17-6-5-7-18(2)25(17)33-27(30-13-10-28)34-26-21-14-23(35-4)24(15-22(21)31-16-32-26)36-19(3)20-8-11-29-12-9-20/h5-7,14-16,19-20,29H,8-13,28H2,1-4H3,(H2,30,31,32,33,34). The summed E-state index contributed by atoms with van der Waals surface area (Å²) >= 11 is 0. The predicted molar refractivity (Wildman–Crippen MR) is 146 cm³/mol. The van der Waals surface area contributed by atoms with E-state index in [-0.39, 0.29) is 6.10 Å². The summed E-state index contributed by atoms with van der Waals surface area (Å²) in [5.74, 6) is 3.02. The molecule has 4 rings (SSSR count). The van der Waals surface area contributed by atoms with Crippen molar-refractivity contribution < 1.29 is 9.47 Å². The number of benzene rings is 2. The van der Waals surface area contributed by atoms with E-state index < -0.39 is 0 Å². The summed E-state index contributed by atoms with van der Waals surface area (Å²) in [6.45, 7) is 9.22. The van der Waals surface area contributed by atoms with Crippen molar-refractivity contribution >= 4 is 28.4 Å². The minimum atomic E-state index is 0.0782. The Morgan fingerprint density at radius 3 is 2.58 bits per heavy atom. The Hall–Kier alpha value is -3.43. The van der Waals surface area contributed by atoms with E-state index in [1.54, 1.807) is 7.11 Å². The van der Waals surface area contributed by atoms with Gasteiger partial charge in [0.1, 0.15) is 12.1 Å². The number of nitrogens with zero attached hydrogens (tertiary/aromatic N) is 3. The van der Waals surface area contributed by atoms with Crippen molar-refractivity contribution in [3.63, 3.8) is 0 Å². The molecular formula is C27H37N7O2. The first-order chi connectivity index (χ1) is 17.5. The number of rotatable bonds is 8. The molecular weight excluding hydrogens is 454 g/mol. The highest BCUT2D eigenvalue weighted by Gasteiger charge is 2.23. The second-order valence-electron chi connectivity index (χ2n) is 9.19. The number of methoxy groups -OCH3 is 1. The lowest BCUT2D eigenvalue weighted by atomic mass is 9.93. The number of piperidine rings is 1. The lowest BCUT2D eigenvalue weighted by Gasteiger charge is -2.29. The number of hydrogen-bond acceptors (Lipinski definition) is 7. The fraction of sp³-hybridized carbons (Fsp3) is 0.444. The number of guanidine groups is 1. The highest BCUT2D eigenvalue weighted by molar-refractivity contribution is 6.08. The summed E-state index contributed by atoms with van der Waals surface area (Å²) in [5.41, 5.74) is 9.74. The molecule has 0 saturated carbocycles. The molecule has 1 atom stereocenters. The molecule has 1 fully saturated rings. The van der Waals surface area contributed by atoms with E-state index in [0.717, 1.165) is 53.6 Å². The average molecular weight is 492 g/mol.